The third-order valence-electron chi connectivity index (χ3n) is 7.25. The minimum atomic E-state index is 0.756. The molecule has 4 heteroatoms. The molecule has 0 saturated carbocycles. The lowest BCUT2D eigenvalue weighted by molar-refractivity contribution is 0.397. The third-order valence-corrected chi connectivity index (χ3v) is 7.25. The zero-order valence-corrected chi connectivity index (χ0v) is 21.9. The van der Waals surface area contributed by atoms with Crippen LogP contribution in [0.3, 0.4) is 0 Å². The molecule has 0 saturated heterocycles. The van der Waals surface area contributed by atoms with Crippen LogP contribution in [0.1, 0.15) is 0 Å². The van der Waals surface area contributed by atoms with Gasteiger partial charge in [0.05, 0.1) is 39.6 Å². The Labute approximate surface area is 222 Å². The van der Waals surface area contributed by atoms with Crippen molar-refractivity contribution in [2.24, 2.45) is 0 Å². The Morgan fingerprint density at radius 3 is 1.03 bits per heavy atom. The third kappa shape index (κ3) is 3.60. The quantitative estimate of drug-likeness (QED) is 0.215. The van der Waals surface area contributed by atoms with Gasteiger partial charge in [0.25, 0.3) is 0 Å². The Morgan fingerprint density at radius 1 is 0.342 bits per heavy atom. The first-order valence-corrected chi connectivity index (χ1v) is 12.5. The van der Waals surface area contributed by atoms with Crippen LogP contribution < -0.4 is 18.9 Å². The molecular formula is C34H28O4. The van der Waals surface area contributed by atoms with Crippen LogP contribution in [0.15, 0.2) is 97.1 Å². The van der Waals surface area contributed by atoms with E-state index in [0.29, 0.717) is 0 Å². The second-order valence-electron chi connectivity index (χ2n) is 9.12. The largest absolute Gasteiger partial charge is 0.496 e. The fourth-order valence-corrected chi connectivity index (χ4v) is 5.60. The van der Waals surface area contributed by atoms with Gasteiger partial charge in [0.2, 0.25) is 0 Å². The first-order chi connectivity index (χ1) is 18.7. The van der Waals surface area contributed by atoms with E-state index in [1.165, 1.54) is 0 Å². The van der Waals surface area contributed by atoms with Crippen molar-refractivity contribution in [3.8, 4) is 45.3 Å². The molecule has 0 amide bonds. The van der Waals surface area contributed by atoms with Crippen molar-refractivity contribution in [1.82, 2.24) is 0 Å². The molecule has 0 spiro atoms. The number of hydrogen-bond acceptors (Lipinski definition) is 4. The molecule has 6 aromatic carbocycles. The molecule has 0 bridgehead atoms. The summed E-state index contributed by atoms with van der Waals surface area (Å²) < 4.78 is 23.6. The summed E-state index contributed by atoms with van der Waals surface area (Å²) >= 11 is 0. The monoisotopic (exact) mass is 500 g/mol. The highest BCUT2D eigenvalue weighted by molar-refractivity contribution is 6.25. The average Bonchev–Trinajstić information content (AvgIpc) is 2.98. The molecule has 0 heterocycles. The van der Waals surface area contributed by atoms with E-state index < -0.39 is 0 Å². The van der Waals surface area contributed by atoms with Gasteiger partial charge >= 0.3 is 0 Å². The lowest BCUT2D eigenvalue weighted by atomic mass is 9.84. The van der Waals surface area contributed by atoms with Crippen LogP contribution in [-0.2, 0) is 0 Å². The zero-order chi connectivity index (χ0) is 26.2. The van der Waals surface area contributed by atoms with E-state index in [0.717, 1.165) is 77.6 Å². The van der Waals surface area contributed by atoms with Crippen LogP contribution in [0, 0.1) is 0 Å². The van der Waals surface area contributed by atoms with Crippen molar-refractivity contribution in [2.75, 3.05) is 28.4 Å². The number of ether oxygens (including phenoxy) is 4. The van der Waals surface area contributed by atoms with Crippen molar-refractivity contribution >= 4 is 32.3 Å². The number of methoxy groups -OCH3 is 4. The molecule has 0 unspecified atom stereocenters. The molecule has 6 aromatic rings. The lowest BCUT2D eigenvalue weighted by Gasteiger charge is -2.22. The molecule has 6 rings (SSSR count). The van der Waals surface area contributed by atoms with Gasteiger partial charge in [-0.3, -0.25) is 0 Å². The summed E-state index contributed by atoms with van der Waals surface area (Å²) in [6, 6.07) is 33.3. The van der Waals surface area contributed by atoms with E-state index in [1.807, 2.05) is 36.4 Å². The van der Waals surface area contributed by atoms with Gasteiger partial charge in [-0.05, 0) is 68.7 Å². The van der Waals surface area contributed by atoms with Crippen molar-refractivity contribution in [2.45, 2.75) is 0 Å². The van der Waals surface area contributed by atoms with E-state index in [2.05, 4.69) is 60.7 Å². The minimum absolute atomic E-state index is 0.756. The number of hydrogen-bond donors (Lipinski definition) is 0. The standard InChI is InChI=1S/C34H28O4/c1-35-27-15-9-16-28(36-2)33(27)31-23-13-7-8-14-24(23)32(34-29(37-3)17-10-18-30(34)38-4)26-20-22-12-6-5-11-21(22)19-25(26)31/h5-20H,1-4H3. The van der Waals surface area contributed by atoms with Crippen LogP contribution in [0.5, 0.6) is 23.0 Å². The van der Waals surface area contributed by atoms with Crippen LogP contribution in [0.4, 0.5) is 0 Å². The van der Waals surface area contributed by atoms with Gasteiger partial charge in [-0.15, -0.1) is 0 Å². The van der Waals surface area contributed by atoms with Crippen LogP contribution in [-0.4, -0.2) is 28.4 Å². The minimum Gasteiger partial charge on any atom is -0.496 e. The molecule has 38 heavy (non-hydrogen) atoms. The van der Waals surface area contributed by atoms with Gasteiger partial charge in [-0.2, -0.15) is 0 Å². The van der Waals surface area contributed by atoms with Gasteiger partial charge in [0.15, 0.2) is 0 Å². The lowest BCUT2D eigenvalue weighted by Crippen LogP contribution is -1.98. The Morgan fingerprint density at radius 2 is 0.684 bits per heavy atom. The number of fused-ring (bicyclic) bond motifs is 3. The van der Waals surface area contributed by atoms with Gasteiger partial charge in [-0.1, -0.05) is 60.7 Å². The van der Waals surface area contributed by atoms with E-state index in [4.69, 9.17) is 18.9 Å². The molecule has 0 aromatic heterocycles. The van der Waals surface area contributed by atoms with Crippen molar-refractivity contribution in [3.63, 3.8) is 0 Å². The predicted molar refractivity (Wildman–Crippen MR) is 156 cm³/mol. The highest BCUT2D eigenvalue weighted by Crippen LogP contribution is 2.52. The van der Waals surface area contributed by atoms with Gasteiger partial charge < -0.3 is 18.9 Å². The summed E-state index contributed by atoms with van der Waals surface area (Å²) in [5.41, 5.74) is 3.97. The molecular weight excluding hydrogens is 472 g/mol. The molecule has 0 aliphatic carbocycles. The summed E-state index contributed by atoms with van der Waals surface area (Å²) in [5.74, 6) is 3.02. The van der Waals surface area contributed by atoms with Crippen molar-refractivity contribution < 1.29 is 18.9 Å². The molecule has 0 aliphatic heterocycles. The topological polar surface area (TPSA) is 36.9 Å². The molecule has 0 radical (unpaired) electrons. The first-order valence-electron chi connectivity index (χ1n) is 12.5. The van der Waals surface area contributed by atoms with E-state index in [1.54, 1.807) is 28.4 Å². The summed E-state index contributed by atoms with van der Waals surface area (Å²) in [4.78, 5) is 0. The SMILES string of the molecule is COc1cccc(OC)c1-c1c2ccccc2c(-c2c(OC)cccc2OC)c2cc3ccccc3cc12. The van der Waals surface area contributed by atoms with Crippen LogP contribution >= 0.6 is 0 Å². The summed E-state index contributed by atoms with van der Waals surface area (Å²) in [6.07, 6.45) is 0. The Bertz CT molecular complexity index is 1640. The molecule has 188 valence electrons. The molecule has 0 fully saturated rings. The zero-order valence-electron chi connectivity index (χ0n) is 21.9. The van der Waals surface area contributed by atoms with E-state index in [-0.39, 0.29) is 0 Å². The number of rotatable bonds is 6. The highest BCUT2D eigenvalue weighted by atomic mass is 16.5. The van der Waals surface area contributed by atoms with E-state index >= 15 is 0 Å². The van der Waals surface area contributed by atoms with Crippen LogP contribution in [0.25, 0.3) is 54.6 Å². The molecule has 0 N–H and O–H groups in total. The van der Waals surface area contributed by atoms with Crippen molar-refractivity contribution in [3.05, 3.63) is 97.1 Å². The Kier molecular flexibility index (Phi) is 6.01. The first kappa shape index (κ1) is 23.7. The average molecular weight is 501 g/mol. The number of benzene rings is 6. The maximum Gasteiger partial charge on any atom is 0.130 e. The maximum atomic E-state index is 5.90. The van der Waals surface area contributed by atoms with Crippen LogP contribution in [0.2, 0.25) is 0 Å². The normalized spacial score (nSPS) is 11.2. The van der Waals surface area contributed by atoms with Gasteiger partial charge in [0.1, 0.15) is 23.0 Å². The fraction of sp³-hybridized carbons (Fsp3) is 0.118. The molecule has 0 aliphatic rings. The van der Waals surface area contributed by atoms with Crippen molar-refractivity contribution in [1.29, 1.82) is 0 Å². The second-order valence-corrected chi connectivity index (χ2v) is 9.12. The summed E-state index contributed by atoms with van der Waals surface area (Å²) in [5, 5.41) is 6.66. The fourth-order valence-electron chi connectivity index (χ4n) is 5.60. The summed E-state index contributed by atoms with van der Waals surface area (Å²) in [7, 11) is 6.80. The highest BCUT2D eigenvalue weighted by Gasteiger charge is 2.25. The maximum absolute atomic E-state index is 5.90. The van der Waals surface area contributed by atoms with Gasteiger partial charge in [0, 0.05) is 11.1 Å². The smallest absolute Gasteiger partial charge is 0.130 e. The van der Waals surface area contributed by atoms with Gasteiger partial charge in [-0.25, -0.2) is 0 Å². The Hall–Kier alpha value is -4.70. The summed E-state index contributed by atoms with van der Waals surface area (Å²) in [6.45, 7) is 0. The molecule has 0 atom stereocenters. The molecule has 4 nitrogen and oxygen atoms in total. The predicted octanol–water partition coefficient (Wildman–Crippen LogP) is 8.51. The second kappa shape index (κ2) is 9.64. The Balaban J connectivity index is 1.92. The van der Waals surface area contributed by atoms with E-state index in [9.17, 15) is 0 Å².